The summed E-state index contributed by atoms with van der Waals surface area (Å²) in [5, 5.41) is 16.7. The topological polar surface area (TPSA) is 108 Å². The quantitative estimate of drug-likeness (QED) is 0.519. The number of amides is 3. The zero-order chi connectivity index (χ0) is 21.5. The van der Waals surface area contributed by atoms with Crippen LogP contribution in [0, 0.1) is 17.3 Å². The molecule has 0 aromatic heterocycles. The molecule has 0 aliphatic carbocycles. The average Bonchev–Trinajstić information content (AvgIpc) is 2.63. The summed E-state index contributed by atoms with van der Waals surface area (Å²) in [5.74, 6) is -0.223. The Morgan fingerprint density at radius 1 is 0.964 bits per heavy atom. The van der Waals surface area contributed by atoms with E-state index in [-0.39, 0.29) is 24.3 Å². The second-order valence-corrected chi connectivity index (χ2v) is 7.95. The summed E-state index contributed by atoms with van der Waals surface area (Å²) in [5.41, 5.74) is 0.290. The van der Waals surface area contributed by atoms with Gasteiger partial charge in [-0.2, -0.15) is 0 Å². The number of hydrogen-bond donors (Lipinski definition) is 4. The van der Waals surface area contributed by atoms with Crippen LogP contribution in [-0.2, 0) is 9.59 Å². The lowest BCUT2D eigenvalue weighted by Gasteiger charge is -2.36. The van der Waals surface area contributed by atoms with Gasteiger partial charge in [-0.3, -0.25) is 9.59 Å². The Morgan fingerprint density at radius 3 is 1.96 bits per heavy atom. The van der Waals surface area contributed by atoms with E-state index in [0.717, 1.165) is 5.56 Å². The Kier molecular flexibility index (Phi) is 8.47. The number of nitrogens with one attached hydrogen (secondary N) is 3. The van der Waals surface area contributed by atoms with Crippen molar-refractivity contribution in [1.82, 2.24) is 16.0 Å². The first-order valence-electron chi connectivity index (χ1n) is 9.63. The van der Waals surface area contributed by atoms with Gasteiger partial charge in [0.1, 0.15) is 6.04 Å². The summed E-state index contributed by atoms with van der Waals surface area (Å²) in [4.78, 5) is 36.1. The highest BCUT2D eigenvalue weighted by atomic mass is 16.4. The van der Waals surface area contributed by atoms with Crippen LogP contribution in [-0.4, -0.2) is 35.6 Å². The van der Waals surface area contributed by atoms with E-state index in [2.05, 4.69) is 16.0 Å². The number of rotatable bonds is 9. The smallest absolute Gasteiger partial charge is 0.405 e. The van der Waals surface area contributed by atoms with Crippen LogP contribution in [0.2, 0.25) is 0 Å². The monoisotopic (exact) mass is 391 g/mol. The second-order valence-electron chi connectivity index (χ2n) is 7.95. The number of benzene rings is 1. The molecule has 7 nitrogen and oxygen atoms in total. The lowest BCUT2D eigenvalue weighted by molar-refractivity contribution is -0.136. The van der Waals surface area contributed by atoms with Gasteiger partial charge in [0, 0.05) is 6.54 Å². The largest absolute Gasteiger partial charge is 0.465 e. The van der Waals surface area contributed by atoms with E-state index < -0.39 is 29.5 Å². The van der Waals surface area contributed by atoms with Gasteiger partial charge >= 0.3 is 6.09 Å². The highest BCUT2D eigenvalue weighted by molar-refractivity contribution is 5.85. The molecule has 1 aromatic carbocycles. The Hall–Kier alpha value is -2.57. The van der Waals surface area contributed by atoms with Gasteiger partial charge in [-0.25, -0.2) is 4.79 Å². The summed E-state index contributed by atoms with van der Waals surface area (Å²) in [6.45, 7) is 11.7. The lowest BCUT2D eigenvalue weighted by Crippen LogP contribution is -2.50. The molecule has 0 aliphatic heterocycles. The van der Waals surface area contributed by atoms with Crippen molar-refractivity contribution >= 4 is 17.9 Å². The van der Waals surface area contributed by atoms with Gasteiger partial charge in [0.15, 0.2) is 0 Å². The third-order valence-corrected chi connectivity index (χ3v) is 5.61. The molecular formula is C21H33N3O4. The van der Waals surface area contributed by atoms with E-state index in [0.29, 0.717) is 0 Å². The van der Waals surface area contributed by atoms with Crippen LogP contribution in [0.5, 0.6) is 0 Å². The van der Waals surface area contributed by atoms with Crippen molar-refractivity contribution in [2.75, 3.05) is 6.54 Å². The Morgan fingerprint density at radius 2 is 1.50 bits per heavy atom. The fourth-order valence-corrected chi connectivity index (χ4v) is 3.06. The van der Waals surface area contributed by atoms with E-state index >= 15 is 0 Å². The minimum Gasteiger partial charge on any atom is -0.465 e. The SMILES string of the molecule is CC(NC(=O)O)C(=O)NC(CNC(=O)C(C)(C(C)C)C(C)C)c1ccccc1. The van der Waals surface area contributed by atoms with Crippen molar-refractivity contribution in [3.63, 3.8) is 0 Å². The Bertz CT molecular complexity index is 665. The van der Waals surface area contributed by atoms with Crippen molar-refractivity contribution in [3.05, 3.63) is 35.9 Å². The van der Waals surface area contributed by atoms with Crippen LogP contribution < -0.4 is 16.0 Å². The maximum atomic E-state index is 12.9. The normalized spacial score (nSPS) is 13.7. The van der Waals surface area contributed by atoms with E-state index in [1.165, 1.54) is 6.92 Å². The first-order valence-corrected chi connectivity index (χ1v) is 9.63. The third kappa shape index (κ3) is 5.97. The van der Waals surface area contributed by atoms with E-state index in [1.54, 1.807) is 0 Å². The zero-order valence-electron chi connectivity index (χ0n) is 17.6. The van der Waals surface area contributed by atoms with Gasteiger partial charge in [-0.15, -0.1) is 0 Å². The van der Waals surface area contributed by atoms with Gasteiger partial charge in [0.05, 0.1) is 11.5 Å². The molecule has 1 aromatic rings. The predicted octanol–water partition coefficient (Wildman–Crippen LogP) is 2.93. The summed E-state index contributed by atoms with van der Waals surface area (Å²) >= 11 is 0. The van der Waals surface area contributed by atoms with E-state index in [9.17, 15) is 14.4 Å². The number of carbonyl (C=O) groups is 3. The molecule has 156 valence electrons. The highest BCUT2D eigenvalue weighted by Crippen LogP contribution is 2.35. The van der Waals surface area contributed by atoms with Crippen molar-refractivity contribution in [2.45, 2.75) is 53.6 Å². The zero-order valence-corrected chi connectivity index (χ0v) is 17.6. The Balaban J connectivity index is 2.94. The maximum Gasteiger partial charge on any atom is 0.405 e. The van der Waals surface area contributed by atoms with Crippen LogP contribution in [0.1, 0.15) is 53.1 Å². The van der Waals surface area contributed by atoms with Crippen molar-refractivity contribution in [3.8, 4) is 0 Å². The molecule has 0 saturated heterocycles. The molecule has 1 rings (SSSR count). The summed E-state index contributed by atoms with van der Waals surface area (Å²) < 4.78 is 0. The molecule has 4 N–H and O–H groups in total. The number of carboxylic acid groups (broad SMARTS) is 1. The molecular weight excluding hydrogens is 358 g/mol. The van der Waals surface area contributed by atoms with Crippen molar-refractivity contribution in [2.24, 2.45) is 17.3 Å². The third-order valence-electron chi connectivity index (χ3n) is 5.61. The molecule has 7 heteroatoms. The molecule has 0 fully saturated rings. The average molecular weight is 392 g/mol. The highest BCUT2D eigenvalue weighted by Gasteiger charge is 2.39. The second kappa shape index (κ2) is 10.1. The minimum absolute atomic E-state index is 0.0654. The van der Waals surface area contributed by atoms with Crippen LogP contribution >= 0.6 is 0 Å². The van der Waals surface area contributed by atoms with Gasteiger partial charge in [-0.1, -0.05) is 65.0 Å². The van der Waals surface area contributed by atoms with Gasteiger partial charge in [-0.05, 0) is 24.3 Å². The van der Waals surface area contributed by atoms with E-state index in [4.69, 9.17) is 5.11 Å². The van der Waals surface area contributed by atoms with E-state index in [1.807, 2.05) is 65.0 Å². The number of hydrogen-bond acceptors (Lipinski definition) is 3. The van der Waals surface area contributed by atoms with Gasteiger partial charge in [0.2, 0.25) is 11.8 Å². The van der Waals surface area contributed by atoms with Crippen LogP contribution in [0.25, 0.3) is 0 Å². The molecule has 0 bridgehead atoms. The van der Waals surface area contributed by atoms with Crippen LogP contribution in [0.3, 0.4) is 0 Å². The summed E-state index contributed by atoms with van der Waals surface area (Å²) in [7, 11) is 0. The fraction of sp³-hybridized carbons (Fsp3) is 0.571. The van der Waals surface area contributed by atoms with Gasteiger partial charge in [0.25, 0.3) is 0 Å². The molecule has 0 saturated carbocycles. The minimum atomic E-state index is -1.27. The molecule has 2 unspecified atom stereocenters. The molecule has 0 aliphatic rings. The van der Waals surface area contributed by atoms with Crippen LogP contribution in [0.15, 0.2) is 30.3 Å². The summed E-state index contributed by atoms with van der Waals surface area (Å²) in [6.07, 6.45) is -1.27. The van der Waals surface area contributed by atoms with Crippen LogP contribution in [0.4, 0.5) is 4.79 Å². The fourth-order valence-electron chi connectivity index (χ4n) is 3.06. The first-order chi connectivity index (χ1) is 13.0. The predicted molar refractivity (Wildman–Crippen MR) is 109 cm³/mol. The van der Waals surface area contributed by atoms with Crippen molar-refractivity contribution < 1.29 is 19.5 Å². The standard InChI is InChI=1S/C21H33N3O4/c1-13(2)21(6,14(3)4)19(26)22-12-17(16-10-8-7-9-11-16)24-18(25)15(5)23-20(27)28/h7-11,13-15,17,23H,12H2,1-6H3,(H,22,26)(H,24,25)(H,27,28). The molecule has 28 heavy (non-hydrogen) atoms. The van der Waals surface area contributed by atoms with Crippen molar-refractivity contribution in [1.29, 1.82) is 0 Å². The molecule has 2 atom stereocenters. The number of carbonyl (C=O) groups excluding carboxylic acids is 2. The molecule has 0 spiro atoms. The summed E-state index contributed by atoms with van der Waals surface area (Å²) in [6, 6.07) is 7.90. The molecule has 0 radical (unpaired) electrons. The Labute approximate surface area is 167 Å². The molecule has 3 amide bonds. The maximum absolute atomic E-state index is 12.9. The molecule has 0 heterocycles. The van der Waals surface area contributed by atoms with Gasteiger partial charge < -0.3 is 21.1 Å². The first kappa shape index (κ1) is 23.5. The lowest BCUT2D eigenvalue weighted by atomic mass is 9.70.